The van der Waals surface area contributed by atoms with Gasteiger partial charge in [-0.1, -0.05) is 31.4 Å². The van der Waals surface area contributed by atoms with Crippen LogP contribution in [0, 0.1) is 5.92 Å². The highest BCUT2D eigenvalue weighted by Crippen LogP contribution is 2.34. The highest BCUT2D eigenvalue weighted by molar-refractivity contribution is 7.99. The van der Waals surface area contributed by atoms with Crippen LogP contribution in [0.3, 0.4) is 0 Å². The summed E-state index contributed by atoms with van der Waals surface area (Å²) in [5.41, 5.74) is 0.554. The topological polar surface area (TPSA) is 119 Å². The van der Waals surface area contributed by atoms with Crippen LogP contribution >= 0.6 is 11.8 Å². The molecule has 0 aromatic heterocycles. The number of fused-ring (bicyclic) bond motifs is 1. The Bertz CT molecular complexity index is 784. The number of rotatable bonds is 10. The Morgan fingerprint density at radius 2 is 1.94 bits per heavy atom. The molecule has 1 aromatic carbocycles. The fourth-order valence-electron chi connectivity index (χ4n) is 4.24. The maximum Gasteiger partial charge on any atom is 0.323 e. The average molecular weight is 450 g/mol. The largest absolute Gasteiger partial charge is 0.480 e. The van der Waals surface area contributed by atoms with Crippen molar-refractivity contribution < 1.29 is 24.6 Å². The lowest BCUT2D eigenvalue weighted by Gasteiger charge is -2.26. The molecule has 1 fully saturated rings. The Morgan fingerprint density at radius 3 is 2.65 bits per heavy atom. The van der Waals surface area contributed by atoms with Gasteiger partial charge < -0.3 is 15.5 Å². The number of hydrogen-bond acceptors (Lipinski definition) is 6. The smallest absolute Gasteiger partial charge is 0.323 e. The second-order valence-electron chi connectivity index (χ2n) is 8.18. The number of piperidine rings is 1. The lowest BCUT2D eigenvalue weighted by atomic mass is 9.92. The van der Waals surface area contributed by atoms with E-state index in [0.717, 1.165) is 37.2 Å². The molecule has 2 atom stereocenters. The zero-order valence-corrected chi connectivity index (χ0v) is 18.4. The number of nitrogens with one attached hydrogen (secondary N) is 2. The van der Waals surface area contributed by atoms with Crippen molar-refractivity contribution in [1.82, 2.24) is 10.6 Å². The van der Waals surface area contributed by atoms with Crippen LogP contribution in [0.25, 0.3) is 0 Å². The van der Waals surface area contributed by atoms with E-state index in [0.29, 0.717) is 23.8 Å². The number of thioether (sulfide) groups is 1. The number of anilines is 1. The van der Waals surface area contributed by atoms with E-state index in [9.17, 15) is 24.6 Å². The van der Waals surface area contributed by atoms with Crippen LogP contribution in [0.2, 0.25) is 0 Å². The van der Waals surface area contributed by atoms with Crippen molar-refractivity contribution in [1.29, 1.82) is 0 Å². The molecule has 170 valence electrons. The van der Waals surface area contributed by atoms with Crippen LogP contribution in [-0.2, 0) is 14.4 Å². The van der Waals surface area contributed by atoms with Gasteiger partial charge in [0, 0.05) is 10.6 Å². The van der Waals surface area contributed by atoms with Gasteiger partial charge in [0.2, 0.25) is 5.91 Å². The van der Waals surface area contributed by atoms with Crippen LogP contribution < -0.4 is 15.5 Å². The number of hydrogen-bond donors (Lipinski definition) is 4. The average Bonchev–Trinajstić information content (AvgIpc) is 2.88. The molecule has 1 saturated heterocycles. The molecule has 0 radical (unpaired) electrons. The number of para-hydroxylation sites is 1. The fourth-order valence-corrected chi connectivity index (χ4v) is 5.33. The number of nitrogens with zero attached hydrogens (tertiary/aromatic N) is 1. The minimum atomic E-state index is -1.11. The highest BCUT2D eigenvalue weighted by Gasteiger charge is 2.34. The summed E-state index contributed by atoms with van der Waals surface area (Å²) >= 11 is 1.44. The third kappa shape index (κ3) is 6.69. The number of carbonyl (C=O) groups is 3. The zero-order chi connectivity index (χ0) is 22.2. The van der Waals surface area contributed by atoms with Gasteiger partial charge in [-0.15, -0.1) is 11.8 Å². The van der Waals surface area contributed by atoms with Gasteiger partial charge >= 0.3 is 11.9 Å². The van der Waals surface area contributed by atoms with E-state index in [1.807, 2.05) is 12.1 Å². The van der Waals surface area contributed by atoms with E-state index in [1.54, 1.807) is 12.1 Å². The van der Waals surface area contributed by atoms with Gasteiger partial charge in [0.15, 0.2) is 0 Å². The van der Waals surface area contributed by atoms with Crippen LogP contribution in [0.5, 0.6) is 0 Å². The van der Waals surface area contributed by atoms with Gasteiger partial charge in [0.1, 0.15) is 12.6 Å². The van der Waals surface area contributed by atoms with E-state index in [2.05, 4.69) is 10.6 Å². The number of amides is 1. The summed E-state index contributed by atoms with van der Waals surface area (Å²) in [5.74, 6) is -1.43. The number of carboxylic acid groups (broad SMARTS) is 2. The predicted molar refractivity (Wildman–Crippen MR) is 120 cm³/mol. The van der Waals surface area contributed by atoms with Crippen LogP contribution in [0.15, 0.2) is 29.2 Å². The molecule has 2 aliphatic heterocycles. The summed E-state index contributed by atoms with van der Waals surface area (Å²) in [6.45, 7) is 1.66. The van der Waals surface area contributed by atoms with Gasteiger partial charge in [-0.3, -0.25) is 24.6 Å². The first kappa shape index (κ1) is 23.6. The minimum absolute atomic E-state index is 0.352. The van der Waals surface area contributed by atoms with Gasteiger partial charge in [-0.25, -0.2) is 0 Å². The van der Waals surface area contributed by atoms with E-state index in [-0.39, 0.29) is 0 Å². The van der Waals surface area contributed by atoms with Crippen molar-refractivity contribution in [3.05, 3.63) is 24.3 Å². The van der Waals surface area contributed by atoms with Crippen molar-refractivity contribution in [2.75, 3.05) is 30.3 Å². The van der Waals surface area contributed by atoms with E-state index in [4.69, 9.17) is 0 Å². The lowest BCUT2D eigenvalue weighted by Crippen LogP contribution is -2.53. The molecule has 0 spiro atoms. The summed E-state index contributed by atoms with van der Waals surface area (Å²) in [5, 5.41) is 25.3. The Kier molecular flexibility index (Phi) is 8.74. The summed E-state index contributed by atoms with van der Waals surface area (Å²) in [6.07, 6.45) is 5.65. The monoisotopic (exact) mass is 449 g/mol. The van der Waals surface area contributed by atoms with Crippen molar-refractivity contribution in [3.63, 3.8) is 0 Å². The maximum atomic E-state index is 13.1. The Hall–Kier alpha value is -2.10. The molecule has 9 heteroatoms. The SMILES string of the molecule is O=C(O)CN1C(=O)[C@@H](N[C@H](CCCCC2CCNCC2)C(=O)O)CSc2ccccc21. The third-order valence-corrected chi connectivity index (χ3v) is 7.09. The molecule has 1 aromatic rings. The first-order valence-corrected chi connectivity index (χ1v) is 11.9. The van der Waals surface area contributed by atoms with Gasteiger partial charge in [-0.2, -0.15) is 0 Å². The zero-order valence-electron chi connectivity index (χ0n) is 17.6. The molecule has 2 aliphatic rings. The molecule has 0 unspecified atom stereocenters. The van der Waals surface area contributed by atoms with Crippen LogP contribution in [0.4, 0.5) is 5.69 Å². The van der Waals surface area contributed by atoms with Crippen molar-refractivity contribution in [2.45, 2.75) is 55.5 Å². The molecule has 2 heterocycles. The maximum absolute atomic E-state index is 13.1. The van der Waals surface area contributed by atoms with Crippen molar-refractivity contribution in [3.8, 4) is 0 Å². The molecule has 31 heavy (non-hydrogen) atoms. The first-order chi connectivity index (χ1) is 15.0. The Labute approximate surface area is 186 Å². The summed E-state index contributed by atoms with van der Waals surface area (Å²) in [7, 11) is 0. The van der Waals surface area contributed by atoms with E-state index >= 15 is 0 Å². The third-order valence-electron chi connectivity index (χ3n) is 5.93. The quantitative estimate of drug-likeness (QED) is 0.402. The highest BCUT2D eigenvalue weighted by atomic mass is 32.2. The van der Waals surface area contributed by atoms with E-state index in [1.165, 1.54) is 29.5 Å². The molecule has 4 N–H and O–H groups in total. The molecular formula is C22H31N3O5S. The Balaban J connectivity index is 1.60. The summed E-state index contributed by atoms with van der Waals surface area (Å²) in [6, 6.07) is 5.57. The number of carboxylic acids is 2. The molecule has 1 amide bonds. The standard InChI is InChI=1S/C22H31N3O5S/c26-20(27)13-25-18-7-3-4-8-19(18)31-14-17(21(25)28)24-16(22(29)30)6-2-1-5-15-9-11-23-12-10-15/h3-4,7-8,15-17,23-24H,1-2,5-6,9-14H2,(H,26,27)(H,29,30)/t16-,17+/m1/s1. The van der Waals surface area contributed by atoms with Gasteiger partial charge in [0.05, 0.1) is 11.7 Å². The number of unbranched alkanes of at least 4 members (excludes halogenated alkanes) is 1. The molecule has 3 rings (SSSR count). The number of benzene rings is 1. The van der Waals surface area contributed by atoms with E-state index < -0.39 is 36.5 Å². The van der Waals surface area contributed by atoms with Crippen LogP contribution in [0.1, 0.15) is 38.5 Å². The number of carbonyl (C=O) groups excluding carboxylic acids is 1. The minimum Gasteiger partial charge on any atom is -0.480 e. The predicted octanol–water partition coefficient (Wildman–Crippen LogP) is 2.18. The lowest BCUT2D eigenvalue weighted by molar-refractivity contribution is -0.140. The second-order valence-corrected chi connectivity index (χ2v) is 9.25. The molecule has 8 nitrogen and oxygen atoms in total. The molecule has 0 bridgehead atoms. The normalized spacial score (nSPS) is 20.7. The summed E-state index contributed by atoms with van der Waals surface area (Å²) in [4.78, 5) is 38.4. The molecule has 0 saturated carbocycles. The van der Waals surface area contributed by atoms with Crippen molar-refractivity contribution in [2.24, 2.45) is 5.92 Å². The van der Waals surface area contributed by atoms with Gasteiger partial charge in [-0.05, 0) is 50.4 Å². The molecular weight excluding hydrogens is 418 g/mol. The first-order valence-electron chi connectivity index (χ1n) is 10.9. The summed E-state index contributed by atoms with van der Waals surface area (Å²) < 4.78 is 0. The Morgan fingerprint density at radius 1 is 1.19 bits per heavy atom. The van der Waals surface area contributed by atoms with Crippen molar-refractivity contribution >= 4 is 35.3 Å². The molecule has 0 aliphatic carbocycles. The fraction of sp³-hybridized carbons (Fsp3) is 0.591. The second kappa shape index (κ2) is 11.5. The number of aliphatic carboxylic acids is 2. The van der Waals surface area contributed by atoms with Crippen LogP contribution in [-0.4, -0.2) is 65.5 Å². The van der Waals surface area contributed by atoms with Gasteiger partial charge in [0.25, 0.3) is 0 Å².